The molecular formula is C13H13BFNO4S. The molecule has 5 nitrogen and oxygen atoms in total. The number of hydrogen-bond acceptors (Lipinski definition) is 4. The number of anilines is 1. The Morgan fingerprint density at radius 2 is 1.71 bits per heavy atom. The van der Waals surface area contributed by atoms with Crippen LogP contribution in [0, 0.1) is 12.7 Å². The third-order valence-corrected chi connectivity index (χ3v) is 4.25. The Kier molecular flexibility index (Phi) is 4.31. The monoisotopic (exact) mass is 309 g/mol. The second-order valence-electron chi connectivity index (χ2n) is 4.52. The van der Waals surface area contributed by atoms with E-state index in [1.54, 1.807) is 12.1 Å². The van der Waals surface area contributed by atoms with Crippen molar-refractivity contribution >= 4 is 28.3 Å². The Balaban J connectivity index is 2.39. The lowest BCUT2D eigenvalue weighted by Gasteiger charge is -2.12. The van der Waals surface area contributed by atoms with E-state index in [1.165, 1.54) is 12.1 Å². The molecule has 0 heterocycles. The van der Waals surface area contributed by atoms with Crippen LogP contribution in [0.3, 0.4) is 0 Å². The largest absolute Gasteiger partial charge is 0.490 e. The zero-order valence-corrected chi connectivity index (χ0v) is 11.9. The lowest BCUT2D eigenvalue weighted by atomic mass is 9.79. The van der Waals surface area contributed by atoms with Gasteiger partial charge in [0, 0.05) is 11.2 Å². The molecule has 2 rings (SSSR count). The fraction of sp³-hybridized carbons (Fsp3) is 0.0769. The van der Waals surface area contributed by atoms with Gasteiger partial charge < -0.3 is 10.0 Å². The predicted octanol–water partition coefficient (Wildman–Crippen LogP) is 0.615. The smallest absolute Gasteiger partial charge is 0.423 e. The molecule has 0 fully saturated rings. The normalized spacial score (nSPS) is 11.2. The van der Waals surface area contributed by atoms with Crippen LogP contribution in [0.1, 0.15) is 5.56 Å². The molecule has 0 aliphatic carbocycles. The minimum atomic E-state index is -3.89. The van der Waals surface area contributed by atoms with E-state index in [0.717, 1.165) is 23.8 Å². The third-order valence-electron chi connectivity index (χ3n) is 2.87. The van der Waals surface area contributed by atoms with Gasteiger partial charge in [-0.2, -0.15) is 0 Å². The van der Waals surface area contributed by atoms with Gasteiger partial charge in [-0.1, -0.05) is 17.7 Å². The molecule has 2 aromatic carbocycles. The molecule has 0 saturated carbocycles. The van der Waals surface area contributed by atoms with E-state index in [-0.39, 0.29) is 16.0 Å². The second-order valence-corrected chi connectivity index (χ2v) is 6.21. The lowest BCUT2D eigenvalue weighted by Crippen LogP contribution is -2.33. The third kappa shape index (κ3) is 3.60. The van der Waals surface area contributed by atoms with Crippen molar-refractivity contribution in [1.29, 1.82) is 0 Å². The Morgan fingerprint density at radius 1 is 1.10 bits per heavy atom. The second kappa shape index (κ2) is 5.84. The van der Waals surface area contributed by atoms with Crippen LogP contribution in [0.2, 0.25) is 0 Å². The SMILES string of the molecule is Cc1ccc(S(=O)(=O)Nc2ccc(F)cc2B(O)O)cc1. The fourth-order valence-corrected chi connectivity index (χ4v) is 2.85. The van der Waals surface area contributed by atoms with E-state index in [9.17, 15) is 22.9 Å². The Bertz CT molecular complexity index is 747. The lowest BCUT2D eigenvalue weighted by molar-refractivity contribution is 0.425. The summed E-state index contributed by atoms with van der Waals surface area (Å²) in [6, 6.07) is 9.15. The zero-order valence-electron chi connectivity index (χ0n) is 11.1. The van der Waals surface area contributed by atoms with E-state index in [2.05, 4.69) is 4.72 Å². The van der Waals surface area contributed by atoms with Crippen LogP contribution in [0.15, 0.2) is 47.4 Å². The Hall–Kier alpha value is -1.90. The first-order valence-corrected chi connectivity index (χ1v) is 7.53. The molecule has 21 heavy (non-hydrogen) atoms. The number of rotatable bonds is 4. The van der Waals surface area contributed by atoms with Gasteiger partial charge in [0.15, 0.2) is 0 Å². The maximum atomic E-state index is 13.1. The molecule has 0 aliphatic heterocycles. The van der Waals surface area contributed by atoms with Crippen molar-refractivity contribution in [2.45, 2.75) is 11.8 Å². The molecule has 0 saturated heterocycles. The van der Waals surface area contributed by atoms with Crippen molar-refractivity contribution in [3.05, 3.63) is 53.8 Å². The number of halogens is 1. The fourth-order valence-electron chi connectivity index (χ4n) is 1.76. The van der Waals surface area contributed by atoms with Crippen molar-refractivity contribution < 1.29 is 22.9 Å². The number of nitrogens with one attached hydrogen (secondary N) is 1. The summed E-state index contributed by atoms with van der Waals surface area (Å²) in [4.78, 5) is 0.0239. The highest BCUT2D eigenvalue weighted by atomic mass is 32.2. The average Bonchev–Trinajstić information content (AvgIpc) is 2.41. The molecule has 0 aliphatic rings. The molecule has 0 aromatic heterocycles. The minimum absolute atomic E-state index is 0.0239. The summed E-state index contributed by atoms with van der Waals surface area (Å²) in [5.41, 5.74) is 0.555. The summed E-state index contributed by atoms with van der Waals surface area (Å²) in [7, 11) is -5.88. The van der Waals surface area contributed by atoms with Crippen molar-refractivity contribution in [3.8, 4) is 0 Å². The molecule has 0 amide bonds. The zero-order chi connectivity index (χ0) is 15.6. The van der Waals surface area contributed by atoms with Crippen molar-refractivity contribution in [2.24, 2.45) is 0 Å². The predicted molar refractivity (Wildman–Crippen MR) is 78.2 cm³/mol. The molecule has 110 valence electrons. The van der Waals surface area contributed by atoms with Gasteiger partial charge in [0.25, 0.3) is 10.0 Å². The Labute approximate surface area is 122 Å². The van der Waals surface area contributed by atoms with Crippen molar-refractivity contribution in [1.82, 2.24) is 0 Å². The molecule has 0 atom stereocenters. The molecule has 0 bridgehead atoms. The van der Waals surface area contributed by atoms with Crippen LogP contribution in [-0.2, 0) is 10.0 Å². The van der Waals surface area contributed by atoms with Crippen LogP contribution < -0.4 is 10.2 Å². The topological polar surface area (TPSA) is 86.6 Å². The van der Waals surface area contributed by atoms with Gasteiger partial charge in [0.2, 0.25) is 0 Å². The van der Waals surface area contributed by atoms with Crippen LogP contribution in [-0.4, -0.2) is 25.6 Å². The van der Waals surface area contributed by atoms with Gasteiger partial charge in [0.1, 0.15) is 5.82 Å². The summed E-state index contributed by atoms with van der Waals surface area (Å²) >= 11 is 0. The molecule has 0 radical (unpaired) electrons. The van der Waals surface area contributed by atoms with Gasteiger partial charge in [-0.3, -0.25) is 4.72 Å². The molecule has 2 aromatic rings. The molecular weight excluding hydrogens is 296 g/mol. The Morgan fingerprint density at radius 3 is 2.29 bits per heavy atom. The molecule has 0 spiro atoms. The number of hydrogen-bond donors (Lipinski definition) is 3. The van der Waals surface area contributed by atoms with E-state index in [4.69, 9.17) is 0 Å². The van der Waals surface area contributed by atoms with Crippen molar-refractivity contribution in [3.63, 3.8) is 0 Å². The van der Waals surface area contributed by atoms with Crippen LogP contribution >= 0.6 is 0 Å². The standard InChI is InChI=1S/C13H13BFNO4S/c1-9-2-5-11(6-3-9)21(19,20)16-13-7-4-10(15)8-12(13)14(17)18/h2-8,16-18H,1H3. The van der Waals surface area contributed by atoms with E-state index >= 15 is 0 Å². The average molecular weight is 309 g/mol. The van der Waals surface area contributed by atoms with Gasteiger partial charge in [-0.25, -0.2) is 12.8 Å². The van der Waals surface area contributed by atoms with Gasteiger partial charge in [-0.05, 0) is 37.3 Å². The van der Waals surface area contributed by atoms with Crippen LogP contribution in [0.25, 0.3) is 0 Å². The van der Waals surface area contributed by atoms with E-state index < -0.39 is 23.0 Å². The first kappa shape index (κ1) is 15.5. The highest BCUT2D eigenvalue weighted by Gasteiger charge is 2.21. The van der Waals surface area contributed by atoms with E-state index in [0.29, 0.717) is 0 Å². The van der Waals surface area contributed by atoms with Gasteiger partial charge >= 0.3 is 7.12 Å². The van der Waals surface area contributed by atoms with Gasteiger partial charge in [0.05, 0.1) is 4.90 Å². The molecule has 3 N–H and O–H groups in total. The summed E-state index contributed by atoms with van der Waals surface area (Å²) in [5, 5.41) is 18.4. The first-order chi connectivity index (χ1) is 9.79. The minimum Gasteiger partial charge on any atom is -0.423 e. The number of benzene rings is 2. The number of aryl methyl sites for hydroxylation is 1. The first-order valence-electron chi connectivity index (χ1n) is 6.05. The highest BCUT2D eigenvalue weighted by Crippen LogP contribution is 2.16. The van der Waals surface area contributed by atoms with Crippen molar-refractivity contribution in [2.75, 3.05) is 4.72 Å². The van der Waals surface area contributed by atoms with Crippen LogP contribution in [0.5, 0.6) is 0 Å². The van der Waals surface area contributed by atoms with Crippen LogP contribution in [0.4, 0.5) is 10.1 Å². The highest BCUT2D eigenvalue weighted by molar-refractivity contribution is 7.92. The molecule has 8 heteroatoms. The summed E-state index contributed by atoms with van der Waals surface area (Å²) in [6.07, 6.45) is 0. The summed E-state index contributed by atoms with van der Waals surface area (Å²) < 4.78 is 39.7. The van der Waals surface area contributed by atoms with E-state index in [1.807, 2.05) is 6.92 Å². The quantitative estimate of drug-likeness (QED) is 0.723. The maximum absolute atomic E-state index is 13.1. The summed E-state index contributed by atoms with van der Waals surface area (Å²) in [5.74, 6) is -0.698. The summed E-state index contributed by atoms with van der Waals surface area (Å²) in [6.45, 7) is 1.82. The maximum Gasteiger partial charge on any atom is 0.490 e. The number of sulfonamides is 1. The van der Waals surface area contributed by atoms with Gasteiger partial charge in [-0.15, -0.1) is 0 Å². The molecule has 0 unspecified atom stereocenters.